The van der Waals surface area contributed by atoms with Gasteiger partial charge in [0.25, 0.3) is 5.91 Å². The summed E-state index contributed by atoms with van der Waals surface area (Å²) in [6.07, 6.45) is 0. The molecule has 3 aromatic rings. The average Bonchev–Trinajstić information content (AvgIpc) is 3.26. The number of methoxy groups -OCH3 is 2. The Bertz CT molecular complexity index is 1170. The highest BCUT2D eigenvalue weighted by Crippen LogP contribution is 2.35. The van der Waals surface area contributed by atoms with Crippen molar-refractivity contribution in [3.63, 3.8) is 0 Å². The van der Waals surface area contributed by atoms with Gasteiger partial charge in [-0.1, -0.05) is 18.2 Å². The molecule has 1 aliphatic rings. The molecule has 156 valence electrons. The summed E-state index contributed by atoms with van der Waals surface area (Å²) in [5.41, 5.74) is 4.97. The molecular weight excluding hydrogens is 402 g/mol. The number of fused-ring (bicyclic) bond motifs is 1. The molecule has 1 aromatic heterocycles. The number of benzene rings is 2. The molecule has 1 aliphatic heterocycles. The largest absolute Gasteiger partial charge is 0.493 e. The van der Waals surface area contributed by atoms with E-state index in [9.17, 15) is 9.00 Å². The van der Waals surface area contributed by atoms with Crippen molar-refractivity contribution in [2.24, 2.45) is 0 Å². The van der Waals surface area contributed by atoms with Gasteiger partial charge >= 0.3 is 0 Å². The number of nitrogens with one attached hydrogen (secondary N) is 1. The lowest BCUT2D eigenvalue weighted by atomic mass is 10.1. The summed E-state index contributed by atoms with van der Waals surface area (Å²) in [5.74, 6) is 1.77. The standard InChI is InChI=1S/C22H23N3O4S/c1-13-7-5-9-18(14(13)2)25-21(16-11-30(27)12-17(16)24-25)23-22(26)15-8-6-10-19(28-3)20(15)29-4/h5-10H,11-12H2,1-4H3,(H,23,26)/t30-/m0/s1. The molecule has 30 heavy (non-hydrogen) atoms. The van der Waals surface area contributed by atoms with Crippen molar-refractivity contribution >= 4 is 22.5 Å². The maximum Gasteiger partial charge on any atom is 0.260 e. The summed E-state index contributed by atoms with van der Waals surface area (Å²) in [6, 6.07) is 11.1. The molecule has 0 bridgehead atoms. The zero-order valence-corrected chi connectivity index (χ0v) is 18.1. The first-order chi connectivity index (χ1) is 14.4. The third-order valence-electron chi connectivity index (χ3n) is 5.35. The number of aryl methyl sites for hydroxylation is 1. The van der Waals surface area contributed by atoms with Gasteiger partial charge in [0.1, 0.15) is 5.82 Å². The summed E-state index contributed by atoms with van der Waals surface area (Å²) in [5, 5.41) is 7.68. The molecule has 0 saturated carbocycles. The van der Waals surface area contributed by atoms with Crippen LogP contribution in [0.25, 0.3) is 5.69 Å². The highest BCUT2D eigenvalue weighted by molar-refractivity contribution is 7.83. The minimum absolute atomic E-state index is 0.346. The second-order valence-corrected chi connectivity index (χ2v) is 8.59. The third kappa shape index (κ3) is 3.37. The highest BCUT2D eigenvalue weighted by atomic mass is 32.2. The molecule has 0 fully saturated rings. The quantitative estimate of drug-likeness (QED) is 0.676. The minimum Gasteiger partial charge on any atom is -0.493 e. The molecule has 0 saturated heterocycles. The van der Waals surface area contributed by atoms with E-state index in [1.807, 2.05) is 32.0 Å². The fourth-order valence-electron chi connectivity index (χ4n) is 3.64. The predicted molar refractivity (Wildman–Crippen MR) is 116 cm³/mol. The van der Waals surface area contributed by atoms with Gasteiger partial charge in [0.2, 0.25) is 0 Å². The molecule has 0 unspecified atom stereocenters. The molecular formula is C22H23N3O4S. The van der Waals surface area contributed by atoms with Crippen LogP contribution in [0.1, 0.15) is 32.7 Å². The van der Waals surface area contributed by atoms with Crippen LogP contribution in [0.5, 0.6) is 11.5 Å². The van der Waals surface area contributed by atoms with E-state index in [1.165, 1.54) is 14.2 Å². The average molecular weight is 426 g/mol. The number of amides is 1. The smallest absolute Gasteiger partial charge is 0.260 e. The Hall–Kier alpha value is -3.13. The van der Waals surface area contributed by atoms with E-state index < -0.39 is 10.8 Å². The predicted octanol–water partition coefficient (Wildman–Crippen LogP) is 3.52. The van der Waals surface area contributed by atoms with Crippen molar-refractivity contribution < 1.29 is 18.5 Å². The number of carbonyl (C=O) groups is 1. The van der Waals surface area contributed by atoms with Crippen LogP contribution in [0.2, 0.25) is 0 Å². The van der Waals surface area contributed by atoms with E-state index in [0.717, 1.165) is 28.1 Å². The maximum atomic E-state index is 13.2. The van der Waals surface area contributed by atoms with E-state index in [-0.39, 0.29) is 5.91 Å². The van der Waals surface area contributed by atoms with Gasteiger partial charge < -0.3 is 14.8 Å². The first-order valence-corrected chi connectivity index (χ1v) is 11.0. The third-order valence-corrected chi connectivity index (χ3v) is 6.56. The van der Waals surface area contributed by atoms with Gasteiger partial charge in [0.05, 0.1) is 42.7 Å². The van der Waals surface area contributed by atoms with Crippen molar-refractivity contribution in [1.82, 2.24) is 9.78 Å². The van der Waals surface area contributed by atoms with Gasteiger partial charge in [0, 0.05) is 16.4 Å². The molecule has 4 rings (SSSR count). The van der Waals surface area contributed by atoms with Crippen molar-refractivity contribution in [3.05, 3.63) is 64.3 Å². The molecule has 2 heterocycles. The molecule has 2 aromatic carbocycles. The first kappa shape index (κ1) is 20.2. The molecule has 1 atom stereocenters. The molecule has 1 amide bonds. The normalized spacial score (nSPS) is 15.0. The Morgan fingerprint density at radius 2 is 1.87 bits per heavy atom. The summed E-state index contributed by atoms with van der Waals surface area (Å²) < 4.78 is 24.6. The number of carbonyl (C=O) groups excluding carboxylic acids is 1. The lowest BCUT2D eigenvalue weighted by molar-refractivity contribution is 0.102. The molecule has 0 aliphatic carbocycles. The van der Waals surface area contributed by atoms with Crippen molar-refractivity contribution in [2.75, 3.05) is 19.5 Å². The van der Waals surface area contributed by atoms with Gasteiger partial charge in [-0.2, -0.15) is 5.10 Å². The Kier molecular flexibility index (Phi) is 5.34. The maximum absolute atomic E-state index is 13.2. The van der Waals surface area contributed by atoms with E-state index in [4.69, 9.17) is 9.47 Å². The zero-order chi connectivity index (χ0) is 21.4. The number of nitrogens with zero attached hydrogens (tertiary/aromatic N) is 2. The van der Waals surface area contributed by atoms with Gasteiger partial charge in [-0.3, -0.25) is 9.00 Å². The number of hydrogen-bond acceptors (Lipinski definition) is 5. The number of para-hydroxylation sites is 1. The van der Waals surface area contributed by atoms with Crippen molar-refractivity contribution in [3.8, 4) is 17.2 Å². The minimum atomic E-state index is -1.02. The van der Waals surface area contributed by atoms with Gasteiger partial charge in [-0.05, 0) is 43.2 Å². The van der Waals surface area contributed by atoms with Crippen LogP contribution in [0.4, 0.5) is 5.82 Å². The van der Waals surface area contributed by atoms with Crippen molar-refractivity contribution in [2.45, 2.75) is 25.4 Å². The monoisotopic (exact) mass is 425 g/mol. The molecule has 7 nitrogen and oxygen atoms in total. The lowest BCUT2D eigenvalue weighted by Gasteiger charge is -2.16. The fourth-order valence-corrected chi connectivity index (χ4v) is 4.90. The summed E-state index contributed by atoms with van der Waals surface area (Å²) in [4.78, 5) is 13.2. The van der Waals surface area contributed by atoms with Crippen molar-refractivity contribution in [1.29, 1.82) is 0 Å². The Morgan fingerprint density at radius 1 is 1.10 bits per heavy atom. The van der Waals surface area contributed by atoms with E-state index in [0.29, 0.717) is 34.4 Å². The zero-order valence-electron chi connectivity index (χ0n) is 17.3. The molecule has 0 spiro atoms. The van der Waals surface area contributed by atoms with Crippen LogP contribution >= 0.6 is 0 Å². The Balaban J connectivity index is 1.81. The molecule has 0 radical (unpaired) electrons. The number of rotatable bonds is 5. The highest BCUT2D eigenvalue weighted by Gasteiger charge is 2.29. The first-order valence-electron chi connectivity index (χ1n) is 9.49. The number of aromatic nitrogens is 2. The van der Waals surface area contributed by atoms with E-state index in [1.54, 1.807) is 22.9 Å². The Morgan fingerprint density at radius 3 is 2.60 bits per heavy atom. The van der Waals surface area contributed by atoms with Crippen LogP contribution in [0.15, 0.2) is 36.4 Å². The topological polar surface area (TPSA) is 82.5 Å². The van der Waals surface area contributed by atoms with Crippen LogP contribution in [0.3, 0.4) is 0 Å². The number of anilines is 1. The number of ether oxygens (including phenoxy) is 2. The van der Waals surface area contributed by atoms with Gasteiger partial charge in [0.15, 0.2) is 11.5 Å². The summed E-state index contributed by atoms with van der Waals surface area (Å²) in [6.45, 7) is 4.05. The number of hydrogen-bond donors (Lipinski definition) is 1. The van der Waals surface area contributed by atoms with E-state index in [2.05, 4.69) is 10.4 Å². The second-order valence-electron chi connectivity index (χ2n) is 7.13. The lowest BCUT2D eigenvalue weighted by Crippen LogP contribution is -2.18. The molecule has 1 N–H and O–H groups in total. The second kappa shape index (κ2) is 7.95. The van der Waals surface area contributed by atoms with Crippen LogP contribution in [0, 0.1) is 13.8 Å². The fraction of sp³-hybridized carbons (Fsp3) is 0.273. The Labute approximate surface area is 177 Å². The summed E-state index contributed by atoms with van der Waals surface area (Å²) in [7, 11) is 2.01. The molecule has 8 heteroatoms. The van der Waals surface area contributed by atoms with Gasteiger partial charge in [-0.15, -0.1) is 0 Å². The van der Waals surface area contributed by atoms with Crippen LogP contribution < -0.4 is 14.8 Å². The van der Waals surface area contributed by atoms with E-state index >= 15 is 0 Å². The van der Waals surface area contributed by atoms with Crippen LogP contribution in [-0.2, 0) is 22.3 Å². The SMILES string of the molecule is COc1cccc(C(=O)Nc2c3c(nn2-c2cccc(C)c2C)C[S@@](=O)C3)c1OC. The summed E-state index contributed by atoms with van der Waals surface area (Å²) >= 11 is 0. The van der Waals surface area contributed by atoms with Crippen LogP contribution in [-0.4, -0.2) is 34.1 Å². The van der Waals surface area contributed by atoms with Gasteiger partial charge in [-0.25, -0.2) is 4.68 Å².